The Bertz CT molecular complexity index is 367. The molecule has 0 aromatic carbocycles. The molecule has 0 saturated heterocycles. The molecule has 17 heavy (non-hydrogen) atoms. The largest absolute Gasteiger partial charge is 0.385 e. The number of halogens is 3. The van der Waals surface area contributed by atoms with Gasteiger partial charge in [-0.1, -0.05) is 11.6 Å². The Morgan fingerprint density at radius 2 is 2.18 bits per heavy atom. The average Bonchev–Trinajstić information content (AvgIpc) is 2.29. The highest BCUT2D eigenvalue weighted by atomic mass is 35.5. The van der Waals surface area contributed by atoms with Crippen LogP contribution in [-0.4, -0.2) is 40.7 Å². The average molecular weight is 267 g/mol. The summed E-state index contributed by atoms with van der Waals surface area (Å²) in [6.07, 6.45) is -3.22. The summed E-state index contributed by atoms with van der Waals surface area (Å²) in [5, 5.41) is 14.5. The highest BCUT2D eigenvalue weighted by Crippen LogP contribution is 2.19. The summed E-state index contributed by atoms with van der Waals surface area (Å²) >= 11 is 5.78. The Morgan fingerprint density at radius 1 is 1.47 bits per heavy atom. The van der Waals surface area contributed by atoms with Gasteiger partial charge in [-0.2, -0.15) is 4.98 Å². The monoisotopic (exact) mass is 266 g/mol. The van der Waals surface area contributed by atoms with E-state index < -0.39 is 12.5 Å². The minimum Gasteiger partial charge on any atom is -0.385 e. The van der Waals surface area contributed by atoms with Gasteiger partial charge in [0.2, 0.25) is 5.95 Å². The summed E-state index contributed by atoms with van der Waals surface area (Å²) < 4.78 is 24.1. The summed E-state index contributed by atoms with van der Waals surface area (Å²) in [4.78, 5) is 7.86. The summed E-state index contributed by atoms with van der Waals surface area (Å²) in [5.41, 5.74) is 0. The molecule has 0 bridgehead atoms. The van der Waals surface area contributed by atoms with E-state index in [0.717, 1.165) is 0 Å². The van der Waals surface area contributed by atoms with E-state index in [2.05, 4.69) is 20.6 Å². The first-order valence-corrected chi connectivity index (χ1v) is 5.39. The van der Waals surface area contributed by atoms with Crippen molar-refractivity contribution in [3.63, 3.8) is 0 Å². The van der Waals surface area contributed by atoms with E-state index in [1.807, 2.05) is 6.92 Å². The Balaban J connectivity index is 2.66. The van der Waals surface area contributed by atoms with Crippen LogP contribution in [0.1, 0.15) is 6.92 Å². The fourth-order valence-corrected chi connectivity index (χ4v) is 1.18. The van der Waals surface area contributed by atoms with Gasteiger partial charge in [-0.3, -0.25) is 0 Å². The standard InChI is InChI=1S/C9H13ClF2N4O/c1-2-13-9-15-3-5(10)8(16-9)14-4-6(17)7(11)12/h3,6-7,17H,2,4H2,1H3,(H2,13,14,15,16). The number of alkyl halides is 2. The minimum absolute atomic E-state index is 0.202. The topological polar surface area (TPSA) is 70.1 Å². The molecule has 0 radical (unpaired) electrons. The Morgan fingerprint density at radius 3 is 2.76 bits per heavy atom. The third-order valence-corrected chi connectivity index (χ3v) is 2.13. The molecule has 8 heteroatoms. The normalized spacial score (nSPS) is 12.6. The molecule has 0 aliphatic carbocycles. The predicted molar refractivity (Wildman–Crippen MR) is 61.7 cm³/mol. The van der Waals surface area contributed by atoms with Crippen molar-refractivity contribution in [3.05, 3.63) is 11.2 Å². The maximum atomic E-state index is 12.1. The van der Waals surface area contributed by atoms with Crippen LogP contribution >= 0.6 is 11.6 Å². The van der Waals surface area contributed by atoms with Crippen molar-refractivity contribution in [1.82, 2.24) is 9.97 Å². The molecule has 0 fully saturated rings. The van der Waals surface area contributed by atoms with Gasteiger partial charge in [0.1, 0.15) is 11.1 Å². The molecular weight excluding hydrogens is 254 g/mol. The van der Waals surface area contributed by atoms with E-state index >= 15 is 0 Å². The highest BCUT2D eigenvalue weighted by Gasteiger charge is 2.17. The van der Waals surface area contributed by atoms with Crippen molar-refractivity contribution in [3.8, 4) is 0 Å². The zero-order chi connectivity index (χ0) is 12.8. The second-order valence-corrected chi connectivity index (χ2v) is 3.61. The number of aliphatic hydroxyl groups is 1. The molecule has 3 N–H and O–H groups in total. The maximum absolute atomic E-state index is 12.1. The highest BCUT2D eigenvalue weighted by molar-refractivity contribution is 6.32. The first-order chi connectivity index (χ1) is 8.04. The van der Waals surface area contributed by atoms with Gasteiger partial charge in [0, 0.05) is 13.1 Å². The van der Waals surface area contributed by atoms with Gasteiger partial charge in [-0.05, 0) is 6.92 Å². The number of hydrogen-bond donors (Lipinski definition) is 3. The first-order valence-electron chi connectivity index (χ1n) is 5.01. The van der Waals surface area contributed by atoms with Gasteiger partial charge in [-0.25, -0.2) is 13.8 Å². The van der Waals surface area contributed by atoms with Crippen LogP contribution in [-0.2, 0) is 0 Å². The minimum atomic E-state index is -2.81. The van der Waals surface area contributed by atoms with Gasteiger partial charge in [0.25, 0.3) is 6.43 Å². The molecule has 0 spiro atoms. The number of aliphatic hydroxyl groups excluding tert-OH is 1. The molecule has 0 amide bonds. The van der Waals surface area contributed by atoms with Crippen molar-refractivity contribution in [1.29, 1.82) is 0 Å². The smallest absolute Gasteiger partial charge is 0.265 e. The molecule has 1 heterocycles. The van der Waals surface area contributed by atoms with Crippen molar-refractivity contribution in [2.75, 3.05) is 23.7 Å². The molecular formula is C9H13ClF2N4O. The quantitative estimate of drug-likeness (QED) is 0.730. The number of aromatic nitrogens is 2. The second kappa shape index (κ2) is 6.51. The van der Waals surface area contributed by atoms with Crippen LogP contribution in [0.3, 0.4) is 0 Å². The van der Waals surface area contributed by atoms with Gasteiger partial charge in [0.15, 0.2) is 5.82 Å². The van der Waals surface area contributed by atoms with Crippen LogP contribution in [0.25, 0.3) is 0 Å². The van der Waals surface area contributed by atoms with E-state index in [9.17, 15) is 8.78 Å². The zero-order valence-electron chi connectivity index (χ0n) is 9.12. The van der Waals surface area contributed by atoms with Crippen LogP contribution in [0, 0.1) is 0 Å². The van der Waals surface area contributed by atoms with Gasteiger partial charge < -0.3 is 15.7 Å². The predicted octanol–water partition coefficient (Wildman–Crippen LogP) is 1.60. The summed E-state index contributed by atoms with van der Waals surface area (Å²) in [7, 11) is 0. The second-order valence-electron chi connectivity index (χ2n) is 3.20. The number of rotatable bonds is 6. The van der Waals surface area contributed by atoms with Crippen molar-refractivity contribution >= 4 is 23.4 Å². The Hall–Kier alpha value is -1.21. The van der Waals surface area contributed by atoms with Crippen LogP contribution in [0.2, 0.25) is 5.02 Å². The lowest BCUT2D eigenvalue weighted by molar-refractivity contribution is 0.00381. The van der Waals surface area contributed by atoms with E-state index in [4.69, 9.17) is 16.7 Å². The van der Waals surface area contributed by atoms with Gasteiger partial charge in [0.05, 0.1) is 6.20 Å². The summed E-state index contributed by atoms with van der Waals surface area (Å²) in [5.74, 6) is 0.545. The number of nitrogens with one attached hydrogen (secondary N) is 2. The fraction of sp³-hybridized carbons (Fsp3) is 0.556. The lowest BCUT2D eigenvalue weighted by Crippen LogP contribution is -2.27. The SMILES string of the molecule is CCNc1ncc(Cl)c(NCC(O)C(F)F)n1. The maximum Gasteiger partial charge on any atom is 0.265 e. The van der Waals surface area contributed by atoms with Gasteiger partial charge >= 0.3 is 0 Å². The third-order valence-electron chi connectivity index (χ3n) is 1.85. The van der Waals surface area contributed by atoms with Crippen LogP contribution in [0.4, 0.5) is 20.5 Å². The van der Waals surface area contributed by atoms with Crippen molar-refractivity contribution < 1.29 is 13.9 Å². The molecule has 0 saturated carbocycles. The molecule has 1 aromatic heterocycles. The third kappa shape index (κ3) is 4.27. The lowest BCUT2D eigenvalue weighted by atomic mass is 10.3. The van der Waals surface area contributed by atoms with E-state index in [0.29, 0.717) is 12.5 Å². The summed E-state index contributed by atoms with van der Waals surface area (Å²) in [6, 6.07) is 0. The molecule has 1 aromatic rings. The number of nitrogens with zero attached hydrogens (tertiary/aromatic N) is 2. The zero-order valence-corrected chi connectivity index (χ0v) is 9.88. The molecule has 5 nitrogen and oxygen atoms in total. The van der Waals surface area contributed by atoms with Crippen molar-refractivity contribution in [2.24, 2.45) is 0 Å². The Labute approximate surface area is 102 Å². The Kier molecular flexibility index (Phi) is 5.30. The van der Waals surface area contributed by atoms with E-state index in [1.54, 1.807) is 0 Å². The van der Waals surface area contributed by atoms with E-state index in [1.165, 1.54) is 6.20 Å². The lowest BCUT2D eigenvalue weighted by Gasteiger charge is -2.12. The molecule has 1 unspecified atom stereocenters. The van der Waals surface area contributed by atoms with Crippen molar-refractivity contribution in [2.45, 2.75) is 19.5 Å². The molecule has 96 valence electrons. The summed E-state index contributed by atoms with van der Waals surface area (Å²) in [6.45, 7) is 2.16. The van der Waals surface area contributed by atoms with Crippen LogP contribution in [0.15, 0.2) is 6.20 Å². The number of hydrogen-bond acceptors (Lipinski definition) is 5. The van der Waals surface area contributed by atoms with E-state index in [-0.39, 0.29) is 17.4 Å². The molecule has 0 aliphatic heterocycles. The van der Waals surface area contributed by atoms with Crippen LogP contribution < -0.4 is 10.6 Å². The number of anilines is 2. The molecule has 0 aliphatic rings. The first kappa shape index (κ1) is 13.9. The van der Waals surface area contributed by atoms with Crippen LogP contribution in [0.5, 0.6) is 0 Å². The van der Waals surface area contributed by atoms with Gasteiger partial charge in [-0.15, -0.1) is 0 Å². The molecule has 1 atom stereocenters. The fourth-order valence-electron chi connectivity index (χ4n) is 1.02. The molecule has 1 rings (SSSR count).